The summed E-state index contributed by atoms with van der Waals surface area (Å²) in [6.07, 6.45) is 3.67. The Morgan fingerprint density at radius 1 is 1.17 bits per heavy atom. The molecule has 0 saturated carbocycles. The van der Waals surface area contributed by atoms with Gasteiger partial charge >= 0.3 is 0 Å². The Morgan fingerprint density at radius 2 is 1.93 bits per heavy atom. The summed E-state index contributed by atoms with van der Waals surface area (Å²) in [6, 6.07) is 5.76. The number of nitrogens with one attached hydrogen (secondary N) is 3. The number of aryl methyl sites for hydroxylation is 1. The summed E-state index contributed by atoms with van der Waals surface area (Å²) in [4.78, 5) is 47.1. The van der Waals surface area contributed by atoms with Crippen molar-refractivity contribution in [2.75, 3.05) is 51.1 Å². The third-order valence-corrected chi connectivity index (χ3v) is 6.78. The number of ether oxygens (including phenoxy) is 2. The lowest BCUT2D eigenvalue weighted by atomic mass is 10.1. The van der Waals surface area contributed by atoms with E-state index >= 15 is 0 Å². The van der Waals surface area contributed by atoms with Crippen molar-refractivity contribution >= 4 is 35.0 Å². The number of benzene rings is 1. The van der Waals surface area contributed by atoms with Gasteiger partial charge in [0.15, 0.2) is 17.3 Å². The number of rotatable bonds is 14. The van der Waals surface area contributed by atoms with Gasteiger partial charge in [0, 0.05) is 57.6 Å². The highest BCUT2D eigenvalue weighted by Crippen LogP contribution is 2.27. The van der Waals surface area contributed by atoms with E-state index in [9.17, 15) is 14.4 Å². The molecular weight excluding hydrogens is 538 g/mol. The Hall–Kier alpha value is -4.37. The molecule has 2 heterocycles. The Balaban J connectivity index is 1.67. The number of hydrogen-bond acceptors (Lipinski definition) is 9. The summed E-state index contributed by atoms with van der Waals surface area (Å²) in [5.41, 5.74) is 7.93. The van der Waals surface area contributed by atoms with Gasteiger partial charge in [-0.05, 0) is 62.6 Å². The van der Waals surface area contributed by atoms with Gasteiger partial charge in [-0.15, -0.1) is 0 Å². The van der Waals surface area contributed by atoms with E-state index in [0.717, 1.165) is 18.4 Å². The molecule has 0 radical (unpaired) electrons. The molecule has 12 heteroatoms. The summed E-state index contributed by atoms with van der Waals surface area (Å²) in [5.74, 6) is 5.47. The van der Waals surface area contributed by atoms with Crippen molar-refractivity contribution in [3.8, 4) is 17.6 Å². The predicted molar refractivity (Wildman–Crippen MR) is 161 cm³/mol. The first-order valence-corrected chi connectivity index (χ1v) is 14.2. The van der Waals surface area contributed by atoms with E-state index in [4.69, 9.17) is 20.2 Å². The van der Waals surface area contributed by atoms with Gasteiger partial charge in [0.25, 0.3) is 11.8 Å². The number of amides is 3. The lowest BCUT2D eigenvalue weighted by Crippen LogP contribution is -2.29. The van der Waals surface area contributed by atoms with Crippen LogP contribution in [0.2, 0.25) is 0 Å². The molecule has 42 heavy (non-hydrogen) atoms. The summed E-state index contributed by atoms with van der Waals surface area (Å²) in [5, 5.41) is 9.58. The molecule has 1 aliphatic heterocycles. The second-order valence-electron chi connectivity index (χ2n) is 9.96. The average molecular weight is 580 g/mol. The van der Waals surface area contributed by atoms with Crippen LogP contribution in [0.4, 0.5) is 17.3 Å². The van der Waals surface area contributed by atoms with Crippen LogP contribution in [-0.4, -0.2) is 79.1 Å². The van der Waals surface area contributed by atoms with Crippen LogP contribution in [0.1, 0.15) is 61.3 Å². The lowest BCUT2D eigenvalue weighted by molar-refractivity contribution is -0.125. The molecule has 0 spiro atoms. The van der Waals surface area contributed by atoms with Gasteiger partial charge in [0.2, 0.25) is 5.91 Å². The van der Waals surface area contributed by atoms with Gasteiger partial charge in [0.05, 0.1) is 12.8 Å². The number of anilines is 3. The Kier molecular flexibility index (Phi) is 12.4. The van der Waals surface area contributed by atoms with Crippen molar-refractivity contribution < 1.29 is 23.9 Å². The fraction of sp³-hybridized carbons (Fsp3) is 0.500. The van der Waals surface area contributed by atoms with Crippen LogP contribution in [0, 0.1) is 11.8 Å². The van der Waals surface area contributed by atoms with Crippen molar-refractivity contribution in [2.24, 2.45) is 5.73 Å². The average Bonchev–Trinajstić information content (AvgIpc) is 2.97. The summed E-state index contributed by atoms with van der Waals surface area (Å²) >= 11 is 0. The zero-order chi connectivity index (χ0) is 30.5. The standard InChI is InChI=1S/C30H41N7O5/c1-5-8-26(39)37(3)14-7-9-25(38)32-13-10-20-17-22(19-23(18-20)41-4)34-30-27(28(31)40)35-24(6-2)29(36-30)33-21-11-15-42-16-12-21/h17-19,21H,6-7,9-16H2,1-4H3,(H2,31,40)(H,32,38)(H2,33,34,36). The highest BCUT2D eigenvalue weighted by molar-refractivity contribution is 5.96. The number of nitrogens with zero attached hydrogens (tertiary/aromatic N) is 3. The fourth-order valence-corrected chi connectivity index (χ4v) is 4.47. The van der Waals surface area contributed by atoms with Crippen molar-refractivity contribution in [2.45, 2.75) is 58.4 Å². The molecule has 3 rings (SSSR count). The molecule has 1 aliphatic rings. The quantitative estimate of drug-likeness (QED) is 0.246. The van der Waals surface area contributed by atoms with E-state index in [1.807, 2.05) is 19.1 Å². The van der Waals surface area contributed by atoms with E-state index in [-0.39, 0.29) is 29.4 Å². The fourth-order valence-electron chi connectivity index (χ4n) is 4.47. The molecule has 12 nitrogen and oxygen atoms in total. The monoisotopic (exact) mass is 579 g/mol. The van der Waals surface area contributed by atoms with E-state index < -0.39 is 5.91 Å². The summed E-state index contributed by atoms with van der Waals surface area (Å²) in [7, 11) is 3.23. The van der Waals surface area contributed by atoms with Gasteiger partial charge in [-0.25, -0.2) is 9.97 Å². The molecule has 0 bridgehead atoms. The minimum absolute atomic E-state index is 0.0510. The Morgan fingerprint density at radius 3 is 2.60 bits per heavy atom. The third-order valence-electron chi connectivity index (χ3n) is 6.78. The van der Waals surface area contributed by atoms with Crippen molar-refractivity contribution in [1.82, 2.24) is 20.2 Å². The van der Waals surface area contributed by atoms with Gasteiger partial charge in [-0.3, -0.25) is 14.4 Å². The molecule has 0 aliphatic carbocycles. The summed E-state index contributed by atoms with van der Waals surface area (Å²) < 4.78 is 11.0. The molecule has 226 valence electrons. The molecule has 3 amide bonds. The van der Waals surface area contributed by atoms with Gasteiger partial charge in [-0.1, -0.05) is 12.8 Å². The van der Waals surface area contributed by atoms with Crippen LogP contribution in [-0.2, 0) is 27.2 Å². The molecule has 2 aromatic rings. The number of carbonyl (C=O) groups is 3. The van der Waals surface area contributed by atoms with Crippen LogP contribution in [0.15, 0.2) is 18.2 Å². The number of primary amides is 1. The molecular formula is C30H41N7O5. The zero-order valence-corrected chi connectivity index (χ0v) is 24.8. The zero-order valence-electron chi connectivity index (χ0n) is 24.8. The lowest BCUT2D eigenvalue weighted by Gasteiger charge is -2.25. The van der Waals surface area contributed by atoms with Gasteiger partial charge in [0.1, 0.15) is 5.75 Å². The number of hydrogen-bond donors (Lipinski definition) is 4. The molecule has 1 saturated heterocycles. The second kappa shape index (κ2) is 16.2. The molecule has 5 N–H and O–H groups in total. The van der Waals surface area contributed by atoms with Crippen molar-refractivity contribution in [1.29, 1.82) is 0 Å². The number of methoxy groups -OCH3 is 1. The van der Waals surface area contributed by atoms with Crippen LogP contribution in [0.3, 0.4) is 0 Å². The van der Waals surface area contributed by atoms with E-state index in [0.29, 0.717) is 74.9 Å². The first kappa shape index (κ1) is 32.1. The molecule has 1 fully saturated rings. The maximum atomic E-state index is 12.3. The van der Waals surface area contributed by atoms with Crippen LogP contribution in [0.5, 0.6) is 5.75 Å². The highest BCUT2D eigenvalue weighted by Gasteiger charge is 2.21. The normalized spacial score (nSPS) is 13.0. The molecule has 0 atom stereocenters. The SMILES string of the molecule is CC#CC(=O)N(C)CCCC(=O)NCCc1cc(Nc2nc(NC3CCOCC3)c(CC)nc2C(N)=O)cc(OC)c1. The van der Waals surface area contributed by atoms with Crippen LogP contribution < -0.4 is 26.4 Å². The maximum Gasteiger partial charge on any atom is 0.298 e. The number of aromatic nitrogens is 2. The van der Waals surface area contributed by atoms with Gasteiger partial charge in [-0.2, -0.15) is 0 Å². The molecule has 1 aromatic carbocycles. The van der Waals surface area contributed by atoms with E-state index in [1.54, 1.807) is 27.1 Å². The molecule has 1 aromatic heterocycles. The Bertz CT molecular complexity index is 1320. The second-order valence-corrected chi connectivity index (χ2v) is 9.96. The van der Waals surface area contributed by atoms with E-state index in [2.05, 4.69) is 32.8 Å². The highest BCUT2D eigenvalue weighted by atomic mass is 16.5. The largest absolute Gasteiger partial charge is 0.497 e. The number of nitrogens with two attached hydrogens (primary N) is 1. The topological polar surface area (TPSA) is 161 Å². The van der Waals surface area contributed by atoms with Crippen LogP contribution in [0.25, 0.3) is 0 Å². The number of carbonyl (C=O) groups excluding carboxylic acids is 3. The minimum atomic E-state index is -0.683. The van der Waals surface area contributed by atoms with Crippen molar-refractivity contribution in [3.05, 3.63) is 35.2 Å². The minimum Gasteiger partial charge on any atom is -0.497 e. The first-order chi connectivity index (χ1) is 20.2. The summed E-state index contributed by atoms with van der Waals surface area (Å²) in [6.45, 7) is 5.78. The Labute approximate surface area is 247 Å². The van der Waals surface area contributed by atoms with Crippen LogP contribution >= 0.6 is 0 Å². The third kappa shape index (κ3) is 9.62. The maximum absolute atomic E-state index is 12.3. The van der Waals surface area contributed by atoms with Gasteiger partial charge < -0.3 is 36.1 Å². The predicted octanol–water partition coefficient (Wildman–Crippen LogP) is 2.40. The first-order valence-electron chi connectivity index (χ1n) is 14.2. The van der Waals surface area contributed by atoms with E-state index in [1.165, 1.54) is 4.90 Å². The molecule has 0 unspecified atom stereocenters. The smallest absolute Gasteiger partial charge is 0.298 e. The van der Waals surface area contributed by atoms with Crippen molar-refractivity contribution in [3.63, 3.8) is 0 Å².